The van der Waals surface area contributed by atoms with Crippen molar-refractivity contribution < 1.29 is 5.11 Å². The zero-order valence-electron chi connectivity index (χ0n) is 7.80. The molecule has 0 radical (unpaired) electrons. The normalized spacial score (nSPS) is 11.7. The lowest BCUT2D eigenvalue weighted by Gasteiger charge is -2.21. The van der Waals surface area contributed by atoms with Gasteiger partial charge >= 0.3 is 0 Å². The van der Waals surface area contributed by atoms with Gasteiger partial charge in [-0.15, -0.1) is 11.3 Å². The van der Waals surface area contributed by atoms with Crippen molar-refractivity contribution in [2.24, 2.45) is 5.41 Å². The van der Waals surface area contributed by atoms with Gasteiger partial charge in [-0.05, 0) is 28.1 Å². The summed E-state index contributed by atoms with van der Waals surface area (Å²) in [6.07, 6.45) is 0. The Hall–Kier alpha value is -0.0600. The van der Waals surface area contributed by atoms with Gasteiger partial charge in [-0.25, -0.2) is 0 Å². The molecule has 0 amide bonds. The number of hydrogen-bond acceptors (Lipinski definition) is 3. The molecular formula is C9H14BrNOS. The van der Waals surface area contributed by atoms with Crippen molar-refractivity contribution in [3.8, 4) is 0 Å². The van der Waals surface area contributed by atoms with Crippen molar-refractivity contribution in [1.29, 1.82) is 0 Å². The molecule has 0 atom stereocenters. The summed E-state index contributed by atoms with van der Waals surface area (Å²) in [7, 11) is 0. The zero-order chi connectivity index (χ0) is 9.90. The van der Waals surface area contributed by atoms with Crippen molar-refractivity contribution in [1.82, 2.24) is 0 Å². The van der Waals surface area contributed by atoms with Gasteiger partial charge in [0.05, 0.1) is 8.79 Å². The van der Waals surface area contributed by atoms with Gasteiger partial charge in [0.2, 0.25) is 0 Å². The van der Waals surface area contributed by atoms with Gasteiger partial charge in [0, 0.05) is 18.6 Å². The van der Waals surface area contributed by atoms with Crippen LogP contribution in [0.4, 0.5) is 5.00 Å². The number of halogens is 1. The lowest BCUT2D eigenvalue weighted by atomic mass is 9.95. The van der Waals surface area contributed by atoms with Gasteiger partial charge in [0.25, 0.3) is 0 Å². The maximum Gasteiger partial charge on any atom is 0.0894 e. The van der Waals surface area contributed by atoms with E-state index >= 15 is 0 Å². The Labute approximate surface area is 91.1 Å². The van der Waals surface area contributed by atoms with Crippen LogP contribution in [0.25, 0.3) is 0 Å². The Balaban J connectivity index is 2.43. The lowest BCUT2D eigenvalue weighted by Crippen LogP contribution is -2.26. The molecule has 0 aromatic carbocycles. The number of thiophene rings is 1. The average molecular weight is 264 g/mol. The van der Waals surface area contributed by atoms with Gasteiger partial charge in [0.15, 0.2) is 0 Å². The van der Waals surface area contributed by atoms with Crippen molar-refractivity contribution in [3.63, 3.8) is 0 Å². The monoisotopic (exact) mass is 263 g/mol. The molecule has 2 nitrogen and oxygen atoms in total. The molecule has 0 saturated carbocycles. The third-order valence-electron chi connectivity index (χ3n) is 1.74. The predicted octanol–water partition coefficient (Wildman–Crippen LogP) is 2.94. The van der Waals surface area contributed by atoms with Crippen LogP contribution in [0.1, 0.15) is 13.8 Å². The van der Waals surface area contributed by atoms with E-state index in [1.165, 1.54) is 0 Å². The fourth-order valence-electron chi connectivity index (χ4n) is 0.792. The SMILES string of the molecule is CC(C)(CO)CNc1ccc(Br)s1. The lowest BCUT2D eigenvalue weighted by molar-refractivity contribution is 0.171. The number of anilines is 1. The number of rotatable bonds is 4. The van der Waals surface area contributed by atoms with Crippen molar-refractivity contribution in [3.05, 3.63) is 15.9 Å². The molecule has 1 aromatic rings. The second kappa shape index (κ2) is 4.44. The van der Waals surface area contributed by atoms with E-state index in [9.17, 15) is 0 Å². The first-order chi connectivity index (χ1) is 6.03. The second-order valence-electron chi connectivity index (χ2n) is 3.78. The highest BCUT2D eigenvalue weighted by Gasteiger charge is 2.15. The molecule has 0 aliphatic rings. The molecule has 0 aliphatic carbocycles. The molecule has 1 aromatic heterocycles. The molecule has 4 heteroatoms. The molecule has 2 N–H and O–H groups in total. The van der Waals surface area contributed by atoms with E-state index in [4.69, 9.17) is 5.11 Å². The Kier molecular flexibility index (Phi) is 3.76. The van der Waals surface area contributed by atoms with Crippen LogP contribution in [-0.4, -0.2) is 18.3 Å². The smallest absolute Gasteiger partial charge is 0.0894 e. The third-order valence-corrected chi connectivity index (χ3v) is 3.32. The van der Waals surface area contributed by atoms with Crippen LogP contribution >= 0.6 is 27.3 Å². The van der Waals surface area contributed by atoms with Gasteiger partial charge in [-0.3, -0.25) is 0 Å². The van der Waals surface area contributed by atoms with E-state index in [1.54, 1.807) is 11.3 Å². The van der Waals surface area contributed by atoms with Crippen LogP contribution in [0, 0.1) is 5.41 Å². The van der Waals surface area contributed by atoms with E-state index in [1.807, 2.05) is 26.0 Å². The molecule has 0 saturated heterocycles. The number of aliphatic hydroxyl groups excluding tert-OH is 1. The summed E-state index contributed by atoms with van der Waals surface area (Å²) in [5.41, 5.74) is -0.0591. The van der Waals surface area contributed by atoms with Gasteiger partial charge in [-0.1, -0.05) is 13.8 Å². The number of hydrogen-bond donors (Lipinski definition) is 2. The highest BCUT2D eigenvalue weighted by atomic mass is 79.9. The summed E-state index contributed by atoms with van der Waals surface area (Å²) in [5, 5.41) is 13.4. The Morgan fingerprint density at radius 2 is 2.23 bits per heavy atom. The van der Waals surface area contributed by atoms with Crippen LogP contribution in [0.3, 0.4) is 0 Å². The molecule has 0 fully saturated rings. The summed E-state index contributed by atoms with van der Waals surface area (Å²) < 4.78 is 1.12. The summed E-state index contributed by atoms with van der Waals surface area (Å²) in [6, 6.07) is 4.04. The molecule has 13 heavy (non-hydrogen) atoms. The van der Waals surface area contributed by atoms with Gasteiger partial charge < -0.3 is 10.4 Å². The van der Waals surface area contributed by atoms with Gasteiger partial charge in [0.1, 0.15) is 0 Å². The van der Waals surface area contributed by atoms with Gasteiger partial charge in [-0.2, -0.15) is 0 Å². The topological polar surface area (TPSA) is 32.3 Å². The molecule has 0 unspecified atom stereocenters. The molecular weight excluding hydrogens is 250 g/mol. The first-order valence-corrected chi connectivity index (χ1v) is 5.74. The minimum atomic E-state index is -0.0591. The molecule has 0 bridgehead atoms. The van der Waals surface area contributed by atoms with E-state index < -0.39 is 0 Å². The van der Waals surface area contributed by atoms with Crippen molar-refractivity contribution in [2.45, 2.75) is 13.8 Å². The van der Waals surface area contributed by atoms with Crippen LogP contribution in [0.2, 0.25) is 0 Å². The Morgan fingerprint density at radius 3 is 2.69 bits per heavy atom. The average Bonchev–Trinajstić information content (AvgIpc) is 2.48. The number of aliphatic hydroxyl groups is 1. The predicted molar refractivity (Wildman–Crippen MR) is 61.4 cm³/mol. The zero-order valence-corrected chi connectivity index (χ0v) is 10.2. The fraction of sp³-hybridized carbons (Fsp3) is 0.556. The Morgan fingerprint density at radius 1 is 1.54 bits per heavy atom. The van der Waals surface area contributed by atoms with Crippen LogP contribution < -0.4 is 5.32 Å². The quantitative estimate of drug-likeness (QED) is 0.876. The standard InChI is InChI=1S/C9H14BrNOS/c1-9(2,6-12)5-11-8-4-3-7(10)13-8/h3-4,11-12H,5-6H2,1-2H3. The molecule has 0 aliphatic heterocycles. The molecule has 74 valence electrons. The van der Waals surface area contributed by atoms with Crippen LogP contribution in [-0.2, 0) is 0 Å². The highest BCUT2D eigenvalue weighted by Crippen LogP contribution is 2.27. The van der Waals surface area contributed by atoms with Crippen LogP contribution in [0.5, 0.6) is 0 Å². The summed E-state index contributed by atoms with van der Waals surface area (Å²) in [6.45, 7) is 5.05. The van der Waals surface area contributed by atoms with Crippen LogP contribution in [0.15, 0.2) is 15.9 Å². The molecule has 0 spiro atoms. The van der Waals surface area contributed by atoms with E-state index in [0.29, 0.717) is 0 Å². The van der Waals surface area contributed by atoms with Crippen molar-refractivity contribution in [2.75, 3.05) is 18.5 Å². The summed E-state index contributed by atoms with van der Waals surface area (Å²) in [4.78, 5) is 0. The second-order valence-corrected chi connectivity index (χ2v) is 6.24. The highest BCUT2D eigenvalue weighted by molar-refractivity contribution is 9.11. The Bertz CT molecular complexity index is 272. The number of nitrogens with one attached hydrogen (secondary N) is 1. The summed E-state index contributed by atoms with van der Waals surface area (Å²) in [5.74, 6) is 0. The fourth-order valence-corrected chi connectivity index (χ4v) is 2.07. The van der Waals surface area contributed by atoms with Crippen molar-refractivity contribution >= 4 is 32.3 Å². The largest absolute Gasteiger partial charge is 0.396 e. The maximum absolute atomic E-state index is 9.03. The maximum atomic E-state index is 9.03. The first-order valence-electron chi connectivity index (χ1n) is 4.13. The molecule has 1 heterocycles. The minimum absolute atomic E-state index is 0.0591. The molecule has 1 rings (SSSR count). The minimum Gasteiger partial charge on any atom is -0.396 e. The third kappa shape index (κ3) is 3.67. The van der Waals surface area contributed by atoms with E-state index in [0.717, 1.165) is 15.3 Å². The summed E-state index contributed by atoms with van der Waals surface area (Å²) >= 11 is 5.06. The van der Waals surface area contributed by atoms with E-state index in [-0.39, 0.29) is 12.0 Å². The van der Waals surface area contributed by atoms with E-state index in [2.05, 4.69) is 21.2 Å². The first kappa shape index (κ1) is 11.0.